The first kappa shape index (κ1) is 7.35. The Hall–Kier alpha value is -1.30. The van der Waals surface area contributed by atoms with Crippen molar-refractivity contribution in [2.75, 3.05) is 0 Å². The molecular weight excluding hydrogens is 144 g/mol. The Kier molecular flexibility index (Phi) is 2.08. The van der Waals surface area contributed by atoms with Gasteiger partial charge in [-0.3, -0.25) is 0 Å². The van der Waals surface area contributed by atoms with E-state index < -0.39 is 0 Å². The summed E-state index contributed by atoms with van der Waals surface area (Å²) in [6.45, 7) is 0. The van der Waals surface area contributed by atoms with Crippen LogP contribution in [-0.4, -0.2) is 0 Å². The largest absolute Gasteiger partial charge is 0.0804 e. The van der Waals surface area contributed by atoms with Gasteiger partial charge in [0.25, 0.3) is 0 Å². The van der Waals surface area contributed by atoms with Crippen LogP contribution in [0.15, 0.2) is 60.3 Å². The van der Waals surface area contributed by atoms with Gasteiger partial charge in [-0.15, -0.1) is 0 Å². The molecule has 0 amide bonds. The minimum Gasteiger partial charge on any atom is -0.0804 e. The second kappa shape index (κ2) is 3.40. The van der Waals surface area contributed by atoms with Crippen molar-refractivity contribution in [2.24, 2.45) is 5.92 Å². The molecule has 12 heavy (non-hydrogen) atoms. The van der Waals surface area contributed by atoms with E-state index in [0.29, 0.717) is 5.92 Å². The van der Waals surface area contributed by atoms with Crippen LogP contribution in [0, 0.1) is 5.92 Å². The lowest BCUT2D eigenvalue weighted by Gasteiger charge is -2.05. The maximum absolute atomic E-state index is 2.28. The highest BCUT2D eigenvalue weighted by molar-refractivity contribution is 5.37. The van der Waals surface area contributed by atoms with Crippen molar-refractivity contribution in [1.29, 1.82) is 0 Å². The second-order valence-electron chi connectivity index (χ2n) is 3.02. The first-order valence-electron chi connectivity index (χ1n) is 4.35. The minimum atomic E-state index is 0.485. The number of hydrogen-bond acceptors (Lipinski definition) is 0. The van der Waals surface area contributed by atoms with Crippen molar-refractivity contribution in [3.63, 3.8) is 0 Å². The van der Waals surface area contributed by atoms with Gasteiger partial charge in [0.15, 0.2) is 0 Å². The predicted molar refractivity (Wildman–Crippen MR) is 52.8 cm³/mol. The Labute approximate surface area is 73.3 Å². The normalized spacial score (nSPS) is 21.5. The molecule has 0 bridgehead atoms. The second-order valence-corrected chi connectivity index (χ2v) is 3.02. The Balaban J connectivity index is 2.18. The zero-order valence-corrected chi connectivity index (χ0v) is 6.98. The van der Waals surface area contributed by atoms with Gasteiger partial charge in [-0.25, -0.2) is 0 Å². The van der Waals surface area contributed by atoms with Gasteiger partial charge in [-0.05, 0) is 12.0 Å². The van der Waals surface area contributed by atoms with Crippen LogP contribution >= 0.6 is 0 Å². The van der Waals surface area contributed by atoms with E-state index in [2.05, 4.69) is 54.7 Å². The lowest BCUT2D eigenvalue weighted by molar-refractivity contribution is 1.01. The van der Waals surface area contributed by atoms with Crippen LogP contribution in [0.3, 0.4) is 0 Å². The van der Waals surface area contributed by atoms with Crippen LogP contribution in [0.25, 0.3) is 0 Å². The molecule has 0 aliphatic heterocycles. The van der Waals surface area contributed by atoms with Gasteiger partial charge in [-0.2, -0.15) is 0 Å². The maximum atomic E-state index is 2.28. The molecule has 0 heteroatoms. The van der Waals surface area contributed by atoms with E-state index in [-0.39, 0.29) is 0 Å². The number of allylic oxidation sites excluding steroid dienone is 10. The first-order valence-corrected chi connectivity index (χ1v) is 4.35. The van der Waals surface area contributed by atoms with Crippen LogP contribution in [0.2, 0.25) is 0 Å². The molecule has 0 nitrogen and oxygen atoms in total. The summed E-state index contributed by atoms with van der Waals surface area (Å²) in [5.41, 5.74) is 1.42. The average Bonchev–Trinajstić information content (AvgIpc) is 2.48. The van der Waals surface area contributed by atoms with Crippen molar-refractivity contribution in [1.82, 2.24) is 0 Å². The summed E-state index contributed by atoms with van der Waals surface area (Å²) in [5, 5.41) is 0. The van der Waals surface area contributed by atoms with Crippen LogP contribution in [0.1, 0.15) is 6.42 Å². The molecule has 0 aromatic rings. The molecule has 0 N–H and O–H groups in total. The molecule has 0 saturated heterocycles. The summed E-state index contributed by atoms with van der Waals surface area (Å²) < 4.78 is 0. The summed E-state index contributed by atoms with van der Waals surface area (Å²) in [5.74, 6) is 0.485. The van der Waals surface area contributed by atoms with Crippen molar-refractivity contribution >= 4 is 0 Å². The Morgan fingerprint density at radius 2 is 1.75 bits per heavy atom. The molecule has 0 radical (unpaired) electrons. The van der Waals surface area contributed by atoms with Crippen LogP contribution < -0.4 is 0 Å². The monoisotopic (exact) mass is 156 g/mol. The number of rotatable bonds is 1. The fraction of sp³-hybridized carbons (Fsp3) is 0.167. The van der Waals surface area contributed by atoms with Crippen molar-refractivity contribution in [2.45, 2.75) is 6.42 Å². The van der Waals surface area contributed by atoms with Crippen molar-refractivity contribution in [3.05, 3.63) is 60.3 Å². The van der Waals surface area contributed by atoms with Crippen LogP contribution in [0.4, 0.5) is 0 Å². The van der Waals surface area contributed by atoms with E-state index in [1.165, 1.54) is 5.57 Å². The quantitative estimate of drug-likeness (QED) is 0.547. The maximum Gasteiger partial charge on any atom is 0.0201 e. The predicted octanol–water partition coefficient (Wildman–Crippen LogP) is 3.17. The average molecular weight is 156 g/mol. The molecule has 0 unspecified atom stereocenters. The molecule has 60 valence electrons. The van der Waals surface area contributed by atoms with Crippen molar-refractivity contribution < 1.29 is 0 Å². The van der Waals surface area contributed by atoms with Gasteiger partial charge in [-0.1, -0.05) is 54.7 Å². The molecule has 0 atom stereocenters. The van der Waals surface area contributed by atoms with E-state index >= 15 is 0 Å². The van der Waals surface area contributed by atoms with Crippen LogP contribution in [0.5, 0.6) is 0 Å². The lowest BCUT2D eigenvalue weighted by atomic mass is 10.00. The Morgan fingerprint density at radius 1 is 1.00 bits per heavy atom. The minimum absolute atomic E-state index is 0.485. The Bertz CT molecular complexity index is 282. The molecule has 2 aliphatic rings. The van der Waals surface area contributed by atoms with E-state index in [0.717, 1.165) is 6.42 Å². The third kappa shape index (κ3) is 1.48. The molecular formula is C12H12. The molecule has 0 spiro atoms. The fourth-order valence-corrected chi connectivity index (χ4v) is 1.51. The molecule has 0 aromatic heterocycles. The fourth-order valence-electron chi connectivity index (χ4n) is 1.51. The lowest BCUT2D eigenvalue weighted by Crippen LogP contribution is -1.92. The van der Waals surface area contributed by atoms with E-state index in [9.17, 15) is 0 Å². The highest BCUT2D eigenvalue weighted by Gasteiger charge is 2.06. The highest BCUT2D eigenvalue weighted by Crippen LogP contribution is 2.22. The van der Waals surface area contributed by atoms with E-state index in [1.807, 2.05) is 0 Å². The molecule has 0 heterocycles. The van der Waals surface area contributed by atoms with Gasteiger partial charge >= 0.3 is 0 Å². The van der Waals surface area contributed by atoms with Crippen molar-refractivity contribution in [3.8, 4) is 0 Å². The first-order chi connectivity index (χ1) is 5.97. The summed E-state index contributed by atoms with van der Waals surface area (Å²) in [7, 11) is 0. The summed E-state index contributed by atoms with van der Waals surface area (Å²) in [4.78, 5) is 0. The van der Waals surface area contributed by atoms with E-state index in [1.54, 1.807) is 0 Å². The van der Waals surface area contributed by atoms with Crippen LogP contribution in [-0.2, 0) is 0 Å². The molecule has 2 rings (SSSR count). The summed E-state index contributed by atoms with van der Waals surface area (Å²) in [6.07, 6.45) is 20.6. The summed E-state index contributed by atoms with van der Waals surface area (Å²) >= 11 is 0. The summed E-state index contributed by atoms with van der Waals surface area (Å²) in [6, 6.07) is 0. The zero-order chi connectivity index (χ0) is 8.23. The zero-order valence-electron chi connectivity index (χ0n) is 6.98. The molecule has 2 aliphatic carbocycles. The molecule has 0 saturated carbocycles. The standard InChI is InChI=1S/C12H12/c1-2-4-8-11(7-3-1)12-9-5-6-10-12/h1-5,7-11H,6H2. The van der Waals surface area contributed by atoms with Gasteiger partial charge in [0.05, 0.1) is 0 Å². The highest BCUT2D eigenvalue weighted by atomic mass is 14.1. The van der Waals surface area contributed by atoms with E-state index in [4.69, 9.17) is 0 Å². The van der Waals surface area contributed by atoms with Gasteiger partial charge in [0.1, 0.15) is 0 Å². The SMILES string of the molecule is C1=CC=CC(C2=CCC=C2)C=C1. The molecule has 0 aromatic carbocycles. The third-order valence-electron chi connectivity index (χ3n) is 2.16. The van der Waals surface area contributed by atoms with Gasteiger partial charge in [0.2, 0.25) is 0 Å². The smallest absolute Gasteiger partial charge is 0.0201 e. The van der Waals surface area contributed by atoms with Gasteiger partial charge < -0.3 is 0 Å². The molecule has 0 fully saturated rings. The topological polar surface area (TPSA) is 0 Å². The van der Waals surface area contributed by atoms with Gasteiger partial charge in [0, 0.05) is 5.92 Å². The third-order valence-corrected chi connectivity index (χ3v) is 2.16. The Morgan fingerprint density at radius 3 is 2.33 bits per heavy atom. The number of hydrogen-bond donors (Lipinski definition) is 0.